The van der Waals surface area contributed by atoms with Gasteiger partial charge in [-0.15, -0.1) is 0 Å². The summed E-state index contributed by atoms with van der Waals surface area (Å²) in [5.41, 5.74) is 10.4. The highest BCUT2D eigenvalue weighted by Gasteiger charge is 2.33. The Morgan fingerprint density at radius 2 is 1.12 bits per heavy atom. The number of aromatic amines is 1. The molecule has 0 aromatic carbocycles. The van der Waals surface area contributed by atoms with Gasteiger partial charge in [-0.05, 0) is 74.7 Å². The lowest BCUT2D eigenvalue weighted by Gasteiger charge is -2.28. The van der Waals surface area contributed by atoms with Crippen LogP contribution in [-0.4, -0.2) is 75.1 Å². The van der Waals surface area contributed by atoms with Gasteiger partial charge in [-0.25, -0.2) is 10.4 Å². The van der Waals surface area contributed by atoms with Crippen LogP contribution in [0.1, 0.15) is 203 Å². The van der Waals surface area contributed by atoms with Crippen LogP contribution < -0.4 is 21.6 Å². The Hall–Kier alpha value is -7.36. The predicted octanol–water partition coefficient (Wildman–Crippen LogP) is 12.9. The van der Waals surface area contributed by atoms with Crippen molar-refractivity contribution in [2.45, 2.75) is 203 Å². The van der Waals surface area contributed by atoms with Gasteiger partial charge in [0.1, 0.15) is 12.3 Å². The summed E-state index contributed by atoms with van der Waals surface area (Å²) >= 11 is 0. The summed E-state index contributed by atoms with van der Waals surface area (Å²) in [4.78, 5) is 112. The molecular weight excluding hydrogens is 1070 g/mol. The molecule has 3 amide bonds. The Morgan fingerprint density at radius 3 is 1.54 bits per heavy atom. The van der Waals surface area contributed by atoms with E-state index in [0.29, 0.717) is 43.5 Å². The van der Waals surface area contributed by atoms with Crippen molar-refractivity contribution >= 4 is 58.6 Å². The first kappa shape index (κ1) is 75.7. The molecule has 1 aromatic rings. The normalized spacial score (nSPS) is 18.0. The Morgan fingerprint density at radius 1 is 0.553 bits per heavy atom. The van der Waals surface area contributed by atoms with Crippen molar-refractivity contribution in [1.29, 1.82) is 0 Å². The fraction of sp³-hybridized carbons (Fsp3) is 0.536. The first-order valence-corrected chi connectivity index (χ1v) is 28.7. The number of hydrogen-bond donors (Lipinski definition) is 4. The van der Waals surface area contributed by atoms with E-state index < -0.39 is 0 Å². The lowest BCUT2D eigenvalue weighted by Crippen LogP contribution is -2.39. The van der Waals surface area contributed by atoms with Crippen LogP contribution in [0.15, 0.2) is 134 Å². The molecule has 0 unspecified atom stereocenters. The number of Topliss-reactive ketones (excluding diaryl/α,β-unsaturated/α-hetero) is 5. The molecule has 1 aromatic heterocycles. The molecule has 0 fully saturated rings. The summed E-state index contributed by atoms with van der Waals surface area (Å²) in [6.45, 7) is 46.7. The highest BCUT2D eigenvalue weighted by Crippen LogP contribution is 2.38. The number of aliphatic imine (C=N–C) groups is 1. The molecule has 16 nitrogen and oxygen atoms in total. The minimum Gasteiger partial charge on any atom is -0.367 e. The second-order valence-electron chi connectivity index (χ2n) is 28.5. The second kappa shape index (κ2) is 31.2. The van der Waals surface area contributed by atoms with Gasteiger partial charge in [0.05, 0.1) is 12.7 Å². The highest BCUT2D eigenvalue weighted by atomic mass is 16.2. The van der Waals surface area contributed by atoms with Crippen LogP contribution in [0.5, 0.6) is 0 Å². The number of ketones is 5. The van der Waals surface area contributed by atoms with E-state index in [1.54, 1.807) is 18.5 Å². The van der Waals surface area contributed by atoms with Gasteiger partial charge in [0, 0.05) is 89.3 Å². The third-order valence-electron chi connectivity index (χ3n) is 13.5. The van der Waals surface area contributed by atoms with Crippen LogP contribution in [0, 0.1) is 32.5 Å². The first-order valence-electron chi connectivity index (χ1n) is 28.7. The number of hydrazone groups is 1. The summed E-state index contributed by atoms with van der Waals surface area (Å²) in [6, 6.07) is 0. The summed E-state index contributed by atoms with van der Waals surface area (Å²) in [5.74, 6) is -0.137. The average Bonchev–Trinajstić information content (AvgIpc) is 3.37. The number of H-pyrrole nitrogens is 1. The first-order chi connectivity index (χ1) is 38.3. The van der Waals surface area contributed by atoms with Crippen molar-refractivity contribution in [3.05, 3.63) is 135 Å². The fourth-order valence-corrected chi connectivity index (χ4v) is 9.02. The number of nitrogens with one attached hydrogen (secondary N) is 4. The van der Waals surface area contributed by atoms with Gasteiger partial charge >= 0.3 is 0 Å². The largest absolute Gasteiger partial charge is 0.367 e. The summed E-state index contributed by atoms with van der Waals surface area (Å²) in [7, 11) is 0. The molecule has 0 spiro atoms. The molecule has 0 saturated heterocycles. The van der Waals surface area contributed by atoms with Gasteiger partial charge in [0.15, 0.2) is 28.9 Å². The van der Waals surface area contributed by atoms with Crippen molar-refractivity contribution in [2.75, 3.05) is 6.54 Å². The van der Waals surface area contributed by atoms with Crippen LogP contribution in [0.3, 0.4) is 0 Å². The molecule has 3 aliphatic carbocycles. The molecule has 7 aliphatic rings. The van der Waals surface area contributed by atoms with Crippen LogP contribution in [0.25, 0.3) is 0 Å². The van der Waals surface area contributed by atoms with Gasteiger partial charge in [-0.3, -0.25) is 53.5 Å². The number of carbonyl (C=O) groups is 8. The molecule has 85 heavy (non-hydrogen) atoms. The third kappa shape index (κ3) is 25.0. The SMILES string of the molecule is C.C=C1C=CNC=C1C(C)(C)C.CC(C)(C)C1=CC2=C(CCCC2=O)CC1=O.CC(C)(C)C1=CC=CCC1=O.CC(C)(C)C1=CC=NCC1=O.CC(C)(C)C1=CCC(=O)NC1=O.CC(C)(C)C1=NNC(=O)CC1=O.CC(C)(C)c1cnc[nH]c1=O. The van der Waals surface area contributed by atoms with E-state index in [4.69, 9.17) is 0 Å². The zero-order valence-corrected chi connectivity index (χ0v) is 54.3. The number of nitrogens with zero attached hydrogens (tertiary/aromatic N) is 3. The number of hydrogen-bond acceptors (Lipinski definition) is 13. The third-order valence-corrected chi connectivity index (χ3v) is 13.5. The minimum atomic E-state index is -0.326. The Kier molecular flexibility index (Phi) is 27.7. The maximum Gasteiger partial charge on any atom is 0.254 e. The highest BCUT2D eigenvalue weighted by molar-refractivity contribution is 6.45. The summed E-state index contributed by atoms with van der Waals surface area (Å²) < 4.78 is 0. The van der Waals surface area contributed by atoms with E-state index in [9.17, 15) is 43.2 Å². The molecule has 8 rings (SSSR count). The lowest BCUT2D eigenvalue weighted by molar-refractivity contribution is -0.130. The topological polar surface area (TPSA) is 243 Å². The molecule has 466 valence electrons. The molecule has 5 heterocycles. The number of imide groups is 1. The van der Waals surface area contributed by atoms with Crippen molar-refractivity contribution in [3.63, 3.8) is 0 Å². The van der Waals surface area contributed by atoms with Gasteiger partial charge < -0.3 is 10.3 Å². The van der Waals surface area contributed by atoms with E-state index in [1.165, 1.54) is 11.9 Å². The Bertz CT molecular complexity index is 2970. The Labute approximate surface area is 507 Å². The molecule has 4 N–H and O–H groups in total. The van der Waals surface area contributed by atoms with E-state index in [1.807, 2.05) is 153 Å². The average molecular weight is 1170 g/mol. The van der Waals surface area contributed by atoms with E-state index in [0.717, 1.165) is 51.8 Å². The quantitative estimate of drug-likeness (QED) is 0.141. The van der Waals surface area contributed by atoms with E-state index in [-0.39, 0.29) is 104 Å². The fourth-order valence-electron chi connectivity index (χ4n) is 9.02. The van der Waals surface area contributed by atoms with Gasteiger partial charge in [-0.2, -0.15) is 5.10 Å². The van der Waals surface area contributed by atoms with Crippen LogP contribution in [0.2, 0.25) is 0 Å². The van der Waals surface area contributed by atoms with Crippen molar-refractivity contribution < 1.29 is 38.4 Å². The standard InChI is InChI=1S/C14H18O2.C10H15N.C10H14O.C9H13NO2.C9H13NO.C8H12N2O2.C8H12N2O.CH4/c1-14(2,3)11-8-10-9(7-13(11)16)5-4-6-12(10)15;1-8-5-6-11-7-9(8)10(2,3)4;1-10(2,3)8-6-4-5-7-9(8)11;1-9(2,3)6-4-5-7(11)10-8(6)12;1-9(2,3)7-4-5-10-6-8(7)11;1-8(2,3)7-5(11)4-6(12)9-10-7;1-8(2,3)6-4-9-5-10-7(6)11;/h8H,4-7H2,1-3H3;5-7,11H,1H2,2-4H3;4-6H,7H2,1-3H3;4H,5H2,1-3H3,(H,10,11,12);4-5H,6H2,1-3H3;4H2,1-3H3,(H,9,12);4-5H,1-3H3,(H,9,10,11);1H4. The van der Waals surface area contributed by atoms with Crippen LogP contribution >= 0.6 is 0 Å². The minimum absolute atomic E-state index is 0. The maximum absolute atomic E-state index is 12.0. The van der Waals surface area contributed by atoms with Gasteiger partial charge in [0.2, 0.25) is 11.8 Å². The zero-order chi connectivity index (χ0) is 64.6. The molecular formula is C69H101N7O9. The number of rotatable bonds is 0. The van der Waals surface area contributed by atoms with E-state index in [2.05, 4.69) is 84.2 Å². The predicted molar refractivity (Wildman–Crippen MR) is 344 cm³/mol. The molecule has 0 saturated carbocycles. The molecule has 0 radical (unpaired) electrons. The summed E-state index contributed by atoms with van der Waals surface area (Å²) in [6.07, 6.45) is 25.5. The van der Waals surface area contributed by atoms with Crippen LogP contribution in [0.4, 0.5) is 0 Å². The van der Waals surface area contributed by atoms with Crippen molar-refractivity contribution in [3.8, 4) is 0 Å². The molecule has 0 atom stereocenters. The van der Waals surface area contributed by atoms with Gasteiger partial charge in [-0.1, -0.05) is 189 Å². The number of aromatic nitrogens is 2. The summed E-state index contributed by atoms with van der Waals surface area (Å²) in [5, 5.41) is 9.09. The zero-order valence-electron chi connectivity index (χ0n) is 54.3. The van der Waals surface area contributed by atoms with Crippen molar-refractivity contribution in [1.82, 2.24) is 26.0 Å². The van der Waals surface area contributed by atoms with E-state index >= 15 is 0 Å². The number of dihydropyridines is 2. The smallest absolute Gasteiger partial charge is 0.254 e. The number of carbonyl (C=O) groups excluding carboxylic acids is 8. The Balaban J connectivity index is 0.000000497. The molecule has 4 aliphatic heterocycles. The number of amides is 3. The van der Waals surface area contributed by atoms with Crippen molar-refractivity contribution in [2.24, 2.45) is 42.6 Å². The molecule has 0 bridgehead atoms. The maximum atomic E-state index is 12.0. The lowest BCUT2D eigenvalue weighted by atomic mass is 9.74. The molecule has 16 heteroatoms. The second-order valence-corrected chi connectivity index (χ2v) is 28.5. The monoisotopic (exact) mass is 1170 g/mol. The van der Waals surface area contributed by atoms with Crippen LogP contribution in [-0.2, 0) is 43.8 Å². The number of allylic oxidation sites excluding steroid dienone is 12. The van der Waals surface area contributed by atoms with Gasteiger partial charge in [0.25, 0.3) is 11.5 Å².